The molecule has 0 saturated heterocycles. The zero-order chi connectivity index (χ0) is 15.1. The first-order valence-electron chi connectivity index (χ1n) is 7.04. The van der Waals surface area contributed by atoms with Gasteiger partial charge in [-0.2, -0.15) is 0 Å². The first kappa shape index (κ1) is 13.3. The van der Waals surface area contributed by atoms with E-state index in [1.54, 1.807) is 11.3 Å². The van der Waals surface area contributed by atoms with Crippen LogP contribution in [0.15, 0.2) is 30.6 Å². The molecule has 4 nitrogen and oxygen atoms in total. The number of nitrogens with one attached hydrogen (secondary N) is 1. The Bertz CT molecular complexity index is 873. The van der Waals surface area contributed by atoms with Gasteiger partial charge >= 0.3 is 0 Å². The number of aromatic nitrogens is 2. The van der Waals surface area contributed by atoms with Gasteiger partial charge in [0, 0.05) is 10.4 Å². The summed E-state index contributed by atoms with van der Waals surface area (Å²) in [7, 11) is 0. The van der Waals surface area contributed by atoms with E-state index in [2.05, 4.69) is 15.3 Å². The SMILES string of the molecule is O=C(Nc1ncnc2sc3c(c12)CCC3)c1ccc(F)cc1. The maximum Gasteiger partial charge on any atom is 0.256 e. The summed E-state index contributed by atoms with van der Waals surface area (Å²) >= 11 is 1.67. The van der Waals surface area contributed by atoms with E-state index in [-0.39, 0.29) is 11.7 Å². The van der Waals surface area contributed by atoms with Crippen molar-refractivity contribution in [3.8, 4) is 0 Å². The van der Waals surface area contributed by atoms with Gasteiger partial charge in [0.15, 0.2) is 0 Å². The Hall–Kier alpha value is -2.34. The van der Waals surface area contributed by atoms with E-state index in [0.717, 1.165) is 29.5 Å². The number of benzene rings is 1. The summed E-state index contributed by atoms with van der Waals surface area (Å²) in [6.07, 6.45) is 4.68. The molecule has 0 unspecified atom stereocenters. The largest absolute Gasteiger partial charge is 0.306 e. The fourth-order valence-electron chi connectivity index (χ4n) is 2.80. The molecule has 1 aliphatic carbocycles. The molecule has 0 spiro atoms. The van der Waals surface area contributed by atoms with Crippen LogP contribution in [0, 0.1) is 5.82 Å². The van der Waals surface area contributed by atoms with E-state index in [1.165, 1.54) is 41.0 Å². The Labute approximate surface area is 130 Å². The van der Waals surface area contributed by atoms with Crippen molar-refractivity contribution in [1.29, 1.82) is 0 Å². The molecule has 0 saturated carbocycles. The third-order valence-corrected chi connectivity index (χ3v) is 5.04. The van der Waals surface area contributed by atoms with Crippen LogP contribution in [0.3, 0.4) is 0 Å². The number of halogens is 1. The molecule has 22 heavy (non-hydrogen) atoms. The van der Waals surface area contributed by atoms with Gasteiger partial charge < -0.3 is 5.32 Å². The van der Waals surface area contributed by atoms with Gasteiger partial charge in [0.2, 0.25) is 0 Å². The minimum atomic E-state index is -0.364. The van der Waals surface area contributed by atoms with E-state index in [4.69, 9.17) is 0 Å². The molecule has 1 amide bonds. The maximum absolute atomic E-state index is 12.9. The number of carbonyl (C=O) groups excluding carboxylic acids is 1. The molecule has 0 aliphatic heterocycles. The molecule has 6 heteroatoms. The average molecular weight is 313 g/mol. The smallest absolute Gasteiger partial charge is 0.256 e. The average Bonchev–Trinajstić information content (AvgIpc) is 3.08. The molecule has 0 fully saturated rings. The second-order valence-corrected chi connectivity index (χ2v) is 6.30. The van der Waals surface area contributed by atoms with Crippen LogP contribution in [0.5, 0.6) is 0 Å². The molecular formula is C16H12FN3OS. The first-order valence-corrected chi connectivity index (χ1v) is 7.86. The Morgan fingerprint density at radius 1 is 1.18 bits per heavy atom. The predicted octanol–water partition coefficient (Wildman–Crippen LogP) is 3.57. The number of rotatable bonds is 2. The van der Waals surface area contributed by atoms with Crippen LogP contribution in [0.1, 0.15) is 27.2 Å². The van der Waals surface area contributed by atoms with Crippen LogP contribution in [-0.2, 0) is 12.8 Å². The summed E-state index contributed by atoms with van der Waals surface area (Å²) < 4.78 is 12.9. The van der Waals surface area contributed by atoms with Crippen molar-refractivity contribution in [3.05, 3.63) is 52.4 Å². The number of nitrogens with zero attached hydrogens (tertiary/aromatic N) is 2. The monoisotopic (exact) mass is 313 g/mol. The number of thiophene rings is 1. The van der Waals surface area contributed by atoms with Gasteiger partial charge in [0.1, 0.15) is 22.8 Å². The van der Waals surface area contributed by atoms with Gasteiger partial charge in [-0.3, -0.25) is 4.79 Å². The van der Waals surface area contributed by atoms with Crippen LogP contribution >= 0.6 is 11.3 Å². The minimum absolute atomic E-state index is 0.294. The predicted molar refractivity (Wildman–Crippen MR) is 83.8 cm³/mol. The number of amides is 1. The third-order valence-electron chi connectivity index (χ3n) is 3.84. The highest BCUT2D eigenvalue weighted by molar-refractivity contribution is 7.19. The van der Waals surface area contributed by atoms with Gasteiger partial charge in [-0.15, -0.1) is 11.3 Å². The Kier molecular flexibility index (Phi) is 3.11. The summed E-state index contributed by atoms with van der Waals surface area (Å²) in [6.45, 7) is 0. The number of fused-ring (bicyclic) bond motifs is 3. The summed E-state index contributed by atoms with van der Waals surface area (Å²) in [6, 6.07) is 5.46. The summed E-state index contributed by atoms with van der Waals surface area (Å²) in [5, 5.41) is 3.78. The molecule has 4 rings (SSSR count). The lowest BCUT2D eigenvalue weighted by Gasteiger charge is -2.06. The minimum Gasteiger partial charge on any atom is -0.306 e. The van der Waals surface area contributed by atoms with Gasteiger partial charge in [0.05, 0.1) is 5.39 Å². The van der Waals surface area contributed by atoms with E-state index in [1.807, 2.05) is 0 Å². The second kappa shape index (κ2) is 5.14. The summed E-state index contributed by atoms with van der Waals surface area (Å²) in [4.78, 5) is 23.1. The van der Waals surface area contributed by atoms with Gasteiger partial charge in [-0.1, -0.05) is 0 Å². The fourth-order valence-corrected chi connectivity index (χ4v) is 4.03. The molecule has 110 valence electrons. The van der Waals surface area contributed by atoms with Crippen LogP contribution in [0.2, 0.25) is 0 Å². The van der Waals surface area contributed by atoms with Crippen LogP contribution in [-0.4, -0.2) is 15.9 Å². The Morgan fingerprint density at radius 2 is 2.00 bits per heavy atom. The van der Waals surface area contributed by atoms with Crippen molar-refractivity contribution in [2.45, 2.75) is 19.3 Å². The number of anilines is 1. The molecule has 2 aromatic heterocycles. The quantitative estimate of drug-likeness (QED) is 0.787. The van der Waals surface area contributed by atoms with E-state index < -0.39 is 0 Å². The second-order valence-electron chi connectivity index (χ2n) is 5.22. The topological polar surface area (TPSA) is 54.9 Å². The van der Waals surface area contributed by atoms with Crippen molar-refractivity contribution in [3.63, 3.8) is 0 Å². The number of hydrogen-bond acceptors (Lipinski definition) is 4. The molecule has 0 atom stereocenters. The molecule has 0 radical (unpaired) electrons. The maximum atomic E-state index is 12.9. The number of carbonyl (C=O) groups is 1. The highest BCUT2D eigenvalue weighted by atomic mass is 32.1. The molecule has 1 N–H and O–H groups in total. The number of hydrogen-bond donors (Lipinski definition) is 1. The highest BCUT2D eigenvalue weighted by Crippen LogP contribution is 2.39. The van der Waals surface area contributed by atoms with Crippen LogP contribution in [0.4, 0.5) is 10.2 Å². The molecule has 3 aromatic rings. The van der Waals surface area contributed by atoms with Gasteiger partial charge in [-0.25, -0.2) is 14.4 Å². The normalized spacial score (nSPS) is 13.3. The lowest BCUT2D eigenvalue weighted by Crippen LogP contribution is -2.13. The van der Waals surface area contributed by atoms with Crippen molar-refractivity contribution >= 4 is 33.3 Å². The van der Waals surface area contributed by atoms with E-state index in [0.29, 0.717) is 11.4 Å². The molecule has 0 bridgehead atoms. The molecular weight excluding hydrogens is 301 g/mol. The third kappa shape index (κ3) is 2.16. The molecule has 1 aromatic carbocycles. The highest BCUT2D eigenvalue weighted by Gasteiger charge is 2.22. The van der Waals surface area contributed by atoms with Crippen molar-refractivity contribution in [1.82, 2.24) is 9.97 Å². The lowest BCUT2D eigenvalue weighted by atomic mass is 10.1. The molecule has 1 aliphatic rings. The van der Waals surface area contributed by atoms with Crippen LogP contribution in [0.25, 0.3) is 10.2 Å². The van der Waals surface area contributed by atoms with E-state index >= 15 is 0 Å². The molecule has 2 heterocycles. The zero-order valence-electron chi connectivity index (χ0n) is 11.6. The summed E-state index contributed by atoms with van der Waals surface area (Å²) in [5.41, 5.74) is 1.66. The number of aryl methyl sites for hydroxylation is 2. The summed E-state index contributed by atoms with van der Waals surface area (Å²) in [5.74, 6) is -0.117. The first-order chi connectivity index (χ1) is 10.7. The lowest BCUT2D eigenvalue weighted by molar-refractivity contribution is 0.102. The fraction of sp³-hybridized carbons (Fsp3) is 0.188. The van der Waals surface area contributed by atoms with Crippen molar-refractivity contribution < 1.29 is 9.18 Å². The standard InChI is InChI=1S/C16H12FN3OS/c17-10-6-4-9(5-7-10)15(21)20-14-13-11-2-1-3-12(11)22-16(13)19-8-18-14/h4-8H,1-3H2,(H,18,19,20,21). The van der Waals surface area contributed by atoms with E-state index in [9.17, 15) is 9.18 Å². The van der Waals surface area contributed by atoms with Crippen molar-refractivity contribution in [2.75, 3.05) is 5.32 Å². The van der Waals surface area contributed by atoms with Crippen LogP contribution < -0.4 is 5.32 Å². The zero-order valence-corrected chi connectivity index (χ0v) is 12.4. The van der Waals surface area contributed by atoms with Gasteiger partial charge in [-0.05, 0) is 49.1 Å². The Morgan fingerprint density at radius 3 is 2.82 bits per heavy atom. The Balaban J connectivity index is 1.72. The van der Waals surface area contributed by atoms with Gasteiger partial charge in [0.25, 0.3) is 5.91 Å². The van der Waals surface area contributed by atoms with Crippen molar-refractivity contribution in [2.24, 2.45) is 0 Å².